The van der Waals surface area contributed by atoms with Crippen LogP contribution in [0, 0.1) is 12.8 Å². The summed E-state index contributed by atoms with van der Waals surface area (Å²) in [5, 5.41) is 7.83. The highest BCUT2D eigenvalue weighted by Gasteiger charge is 2.53. The number of aryl methyl sites for hydroxylation is 1. The van der Waals surface area contributed by atoms with Gasteiger partial charge in [0.25, 0.3) is 5.91 Å². The molecule has 0 N–H and O–H groups in total. The van der Waals surface area contributed by atoms with Gasteiger partial charge in [-0.05, 0) is 49.8 Å². The number of hydrogen-bond donors (Lipinski definition) is 0. The molecule has 2 atom stereocenters. The van der Waals surface area contributed by atoms with Crippen LogP contribution < -0.4 is 4.74 Å². The molecule has 3 aromatic rings. The Labute approximate surface area is 187 Å². The number of carbonyl (C=O) groups is 1. The molecule has 2 unspecified atom stereocenters. The van der Waals surface area contributed by atoms with Crippen molar-refractivity contribution in [1.29, 1.82) is 0 Å². The molecule has 1 saturated heterocycles. The molecule has 2 bridgehead atoms. The molecule has 4 heterocycles. The van der Waals surface area contributed by atoms with Gasteiger partial charge in [0, 0.05) is 25.0 Å². The van der Waals surface area contributed by atoms with Crippen LogP contribution in [-0.4, -0.2) is 54.5 Å². The first-order chi connectivity index (χ1) is 15.7. The van der Waals surface area contributed by atoms with Crippen molar-refractivity contribution in [2.45, 2.75) is 37.9 Å². The predicted octanol–water partition coefficient (Wildman–Crippen LogP) is 3.46. The smallest absolute Gasteiger partial charge is 0.417 e. The molecule has 33 heavy (non-hydrogen) atoms. The highest BCUT2D eigenvalue weighted by Crippen LogP contribution is 2.47. The van der Waals surface area contributed by atoms with E-state index in [0.29, 0.717) is 18.2 Å². The van der Waals surface area contributed by atoms with Crippen LogP contribution in [0.5, 0.6) is 5.88 Å². The largest absolute Gasteiger partial charge is 0.475 e. The summed E-state index contributed by atoms with van der Waals surface area (Å²) in [7, 11) is 0. The summed E-state index contributed by atoms with van der Waals surface area (Å²) in [6.45, 7) is 2.61. The third-order valence-electron chi connectivity index (χ3n) is 6.37. The number of alkyl halides is 3. The molecule has 2 fully saturated rings. The fraction of sp³-hybridized carbons (Fsp3) is 0.409. The minimum absolute atomic E-state index is 0.0943. The summed E-state index contributed by atoms with van der Waals surface area (Å²) >= 11 is 0. The van der Waals surface area contributed by atoms with Gasteiger partial charge >= 0.3 is 6.18 Å². The van der Waals surface area contributed by atoms with Gasteiger partial charge in [-0.2, -0.15) is 13.2 Å². The summed E-state index contributed by atoms with van der Waals surface area (Å²) in [4.78, 5) is 23.6. The van der Waals surface area contributed by atoms with E-state index in [1.54, 1.807) is 17.3 Å². The van der Waals surface area contributed by atoms with Crippen LogP contribution in [0.25, 0.3) is 5.69 Å². The molecule has 11 heteroatoms. The zero-order valence-electron chi connectivity index (χ0n) is 17.8. The van der Waals surface area contributed by atoms with E-state index in [-0.39, 0.29) is 24.1 Å². The van der Waals surface area contributed by atoms with Crippen LogP contribution in [-0.2, 0) is 6.18 Å². The molecule has 0 aromatic carbocycles. The zero-order valence-corrected chi connectivity index (χ0v) is 17.8. The number of rotatable bonds is 5. The lowest BCUT2D eigenvalue weighted by Gasteiger charge is -2.38. The second kappa shape index (κ2) is 7.82. The molecule has 1 aliphatic carbocycles. The van der Waals surface area contributed by atoms with Crippen molar-refractivity contribution in [3.63, 3.8) is 0 Å². The number of piperidine rings is 1. The van der Waals surface area contributed by atoms with Gasteiger partial charge < -0.3 is 9.64 Å². The number of hydrogen-bond acceptors (Lipinski definition) is 6. The van der Waals surface area contributed by atoms with Crippen LogP contribution in [0.15, 0.2) is 43.0 Å². The van der Waals surface area contributed by atoms with E-state index in [1.807, 2.05) is 13.0 Å². The van der Waals surface area contributed by atoms with Crippen LogP contribution in [0.4, 0.5) is 13.2 Å². The van der Waals surface area contributed by atoms with E-state index >= 15 is 0 Å². The second-order valence-electron chi connectivity index (χ2n) is 8.65. The van der Waals surface area contributed by atoms with Crippen molar-refractivity contribution in [3.8, 4) is 11.6 Å². The molecular formula is C22H21F3N6O2. The van der Waals surface area contributed by atoms with Crippen molar-refractivity contribution in [3.05, 3.63) is 59.8 Å². The van der Waals surface area contributed by atoms with Crippen molar-refractivity contribution in [2.75, 3.05) is 13.2 Å². The fourth-order valence-electron chi connectivity index (χ4n) is 4.77. The number of pyridine rings is 2. The second-order valence-corrected chi connectivity index (χ2v) is 8.65. The number of ether oxygens (including phenoxy) is 1. The number of carbonyl (C=O) groups excluding carboxylic acids is 1. The average Bonchev–Trinajstić information content (AvgIpc) is 3.54. The number of likely N-dealkylation sites (tertiary alicyclic amines) is 1. The van der Waals surface area contributed by atoms with E-state index in [0.717, 1.165) is 37.1 Å². The Bertz CT molecular complexity index is 1170. The lowest BCUT2D eigenvalue weighted by atomic mass is 9.97. The van der Waals surface area contributed by atoms with Crippen molar-refractivity contribution < 1.29 is 22.7 Å². The number of halogens is 3. The molecule has 1 aliphatic heterocycles. The lowest BCUT2D eigenvalue weighted by Crippen LogP contribution is -2.52. The van der Waals surface area contributed by atoms with E-state index in [4.69, 9.17) is 4.74 Å². The molecular weight excluding hydrogens is 437 g/mol. The molecule has 1 saturated carbocycles. The highest BCUT2D eigenvalue weighted by molar-refractivity contribution is 5.96. The minimum Gasteiger partial charge on any atom is -0.475 e. The van der Waals surface area contributed by atoms with E-state index in [2.05, 4.69) is 20.3 Å². The monoisotopic (exact) mass is 458 g/mol. The van der Waals surface area contributed by atoms with Gasteiger partial charge in [0.05, 0.1) is 29.2 Å². The molecule has 2 aliphatic rings. The fourth-order valence-corrected chi connectivity index (χ4v) is 4.77. The maximum Gasteiger partial charge on any atom is 0.417 e. The van der Waals surface area contributed by atoms with Gasteiger partial charge in [-0.15, -0.1) is 5.10 Å². The first-order valence-corrected chi connectivity index (χ1v) is 10.6. The van der Waals surface area contributed by atoms with Crippen molar-refractivity contribution in [1.82, 2.24) is 29.9 Å². The Hall–Kier alpha value is -3.50. The van der Waals surface area contributed by atoms with Crippen LogP contribution in [0.3, 0.4) is 0 Å². The molecule has 172 valence electrons. The van der Waals surface area contributed by atoms with E-state index < -0.39 is 17.3 Å². The summed E-state index contributed by atoms with van der Waals surface area (Å²) in [5.41, 5.74) is 0.300. The number of fused-ring (bicyclic) bond motifs is 2. The number of aromatic nitrogens is 5. The van der Waals surface area contributed by atoms with Crippen LogP contribution in [0.2, 0.25) is 0 Å². The first-order valence-electron chi connectivity index (χ1n) is 10.6. The van der Waals surface area contributed by atoms with Gasteiger partial charge in [-0.3, -0.25) is 4.79 Å². The van der Waals surface area contributed by atoms with E-state index in [1.165, 1.54) is 16.9 Å². The Kier molecular flexibility index (Phi) is 5.06. The Balaban J connectivity index is 1.39. The van der Waals surface area contributed by atoms with Gasteiger partial charge in [0.15, 0.2) is 5.69 Å². The molecule has 1 amide bonds. The Morgan fingerprint density at radius 1 is 1.27 bits per heavy atom. The van der Waals surface area contributed by atoms with Crippen molar-refractivity contribution in [2.24, 2.45) is 5.92 Å². The van der Waals surface area contributed by atoms with Crippen LogP contribution >= 0.6 is 0 Å². The van der Waals surface area contributed by atoms with Gasteiger partial charge in [0.1, 0.15) is 6.61 Å². The third kappa shape index (κ3) is 3.91. The first kappa shape index (κ1) is 21.4. The Morgan fingerprint density at radius 2 is 2.12 bits per heavy atom. The van der Waals surface area contributed by atoms with Gasteiger partial charge in [-0.1, -0.05) is 5.21 Å². The molecule has 3 aromatic heterocycles. The highest BCUT2D eigenvalue weighted by atomic mass is 19.4. The molecule has 5 rings (SSSR count). The summed E-state index contributed by atoms with van der Waals surface area (Å²) in [6, 6.07) is 3.98. The Morgan fingerprint density at radius 3 is 2.79 bits per heavy atom. The topological polar surface area (TPSA) is 86.0 Å². The van der Waals surface area contributed by atoms with Gasteiger partial charge in [0.2, 0.25) is 5.88 Å². The molecule has 0 radical (unpaired) electrons. The normalized spacial score (nSPS) is 22.1. The molecule has 8 nitrogen and oxygen atoms in total. The summed E-state index contributed by atoms with van der Waals surface area (Å²) in [5.74, 6) is 0.210. The summed E-state index contributed by atoms with van der Waals surface area (Å²) < 4.78 is 45.7. The minimum atomic E-state index is -4.46. The number of amides is 1. The number of nitrogens with zero attached hydrogens (tertiary/aromatic N) is 6. The SMILES string of the molecule is Cc1cnc(C(=O)N2CC3CCC2(COc2ccc(C(F)(F)F)cn2)C3)c(-n2ccnn2)c1. The standard InChI is InChI=1S/C22H21F3N6O2/c1-14-8-17(31-7-6-28-29-31)19(27-10-14)20(32)30-12-15-4-5-21(30,9-15)13-33-18-3-2-16(11-26-18)22(23,24)25/h2-3,6-8,10-11,15H,4-5,9,12-13H2,1H3. The van der Waals surface area contributed by atoms with Crippen molar-refractivity contribution >= 4 is 5.91 Å². The zero-order chi connectivity index (χ0) is 23.2. The average molecular weight is 458 g/mol. The van der Waals surface area contributed by atoms with E-state index in [9.17, 15) is 18.0 Å². The predicted molar refractivity (Wildman–Crippen MR) is 110 cm³/mol. The maximum absolute atomic E-state index is 13.6. The molecule has 0 spiro atoms. The maximum atomic E-state index is 13.6. The quantitative estimate of drug-likeness (QED) is 0.582. The summed E-state index contributed by atoms with van der Waals surface area (Å²) in [6.07, 6.45) is 3.59. The third-order valence-corrected chi connectivity index (χ3v) is 6.37. The lowest BCUT2D eigenvalue weighted by molar-refractivity contribution is -0.137. The van der Waals surface area contributed by atoms with Gasteiger partial charge in [-0.25, -0.2) is 14.6 Å². The van der Waals surface area contributed by atoms with Crippen LogP contribution in [0.1, 0.15) is 40.9 Å².